The van der Waals surface area contributed by atoms with Gasteiger partial charge in [0.25, 0.3) is 0 Å². The molecule has 0 spiro atoms. The highest BCUT2D eigenvalue weighted by molar-refractivity contribution is 6.04. The molecule has 0 aliphatic carbocycles. The van der Waals surface area contributed by atoms with Crippen LogP contribution in [0.15, 0.2) is 36.4 Å². The molecule has 0 saturated carbocycles. The van der Waals surface area contributed by atoms with Gasteiger partial charge in [0.1, 0.15) is 5.75 Å². The van der Waals surface area contributed by atoms with Crippen molar-refractivity contribution in [3.63, 3.8) is 0 Å². The van der Waals surface area contributed by atoms with Gasteiger partial charge in [-0.2, -0.15) is 0 Å². The van der Waals surface area contributed by atoms with E-state index in [9.17, 15) is 14.4 Å². The maximum atomic E-state index is 12.2. The van der Waals surface area contributed by atoms with E-state index in [1.807, 2.05) is 6.07 Å². The zero-order valence-corrected chi connectivity index (χ0v) is 12.5. The molecule has 6 nitrogen and oxygen atoms in total. The third-order valence-corrected chi connectivity index (χ3v) is 3.32. The lowest BCUT2D eigenvalue weighted by Crippen LogP contribution is -2.14. The van der Waals surface area contributed by atoms with Crippen LogP contribution in [0.25, 0.3) is 0 Å². The van der Waals surface area contributed by atoms with Crippen LogP contribution in [0.2, 0.25) is 0 Å². The van der Waals surface area contributed by atoms with Crippen LogP contribution in [0.1, 0.15) is 42.2 Å². The number of aromatic carboxylic acids is 2. The van der Waals surface area contributed by atoms with Gasteiger partial charge in [0.15, 0.2) is 0 Å². The highest BCUT2D eigenvalue weighted by Gasteiger charge is 2.20. The predicted octanol–water partition coefficient (Wildman–Crippen LogP) is 2.92. The summed E-state index contributed by atoms with van der Waals surface area (Å²) in [7, 11) is 0. The number of hydrogen-bond acceptors (Lipinski definition) is 4. The monoisotopic (exact) mass is 314 g/mol. The average molecular weight is 314 g/mol. The number of carboxylic acid groups (broad SMARTS) is 2. The van der Waals surface area contributed by atoms with Gasteiger partial charge in [-0.15, -0.1) is 0 Å². The van der Waals surface area contributed by atoms with Crippen LogP contribution >= 0.6 is 0 Å². The number of ether oxygens (including phenoxy) is 1. The van der Waals surface area contributed by atoms with E-state index in [0.29, 0.717) is 5.75 Å². The first-order chi connectivity index (χ1) is 10.8. The number of esters is 1. The largest absolute Gasteiger partial charge is 0.478 e. The Labute approximate surface area is 131 Å². The van der Waals surface area contributed by atoms with E-state index in [0.717, 1.165) is 23.3 Å². The molecule has 6 heteroatoms. The quantitative estimate of drug-likeness (QED) is 0.664. The normalized spacial score (nSPS) is 10.2. The number of carbonyl (C=O) groups excluding carboxylic acids is 1. The second-order valence-corrected chi connectivity index (χ2v) is 4.98. The minimum absolute atomic E-state index is 0.0324. The molecule has 0 saturated heterocycles. The molecule has 0 heterocycles. The van der Waals surface area contributed by atoms with E-state index in [4.69, 9.17) is 14.9 Å². The third kappa shape index (κ3) is 3.37. The van der Waals surface area contributed by atoms with Crippen LogP contribution in [0.5, 0.6) is 5.75 Å². The second-order valence-electron chi connectivity index (χ2n) is 4.98. The molecular formula is C17H14O6. The third-order valence-electron chi connectivity index (χ3n) is 3.32. The summed E-state index contributed by atoms with van der Waals surface area (Å²) in [6.45, 7) is 3.57. The van der Waals surface area contributed by atoms with Crippen molar-refractivity contribution in [1.82, 2.24) is 0 Å². The Morgan fingerprint density at radius 2 is 1.43 bits per heavy atom. The first-order valence-electron chi connectivity index (χ1n) is 6.70. The molecule has 118 valence electrons. The summed E-state index contributed by atoms with van der Waals surface area (Å²) in [6, 6.07) is 8.70. The Morgan fingerprint density at radius 1 is 0.870 bits per heavy atom. The maximum absolute atomic E-state index is 12.2. The lowest BCUT2D eigenvalue weighted by atomic mass is 10.0. The van der Waals surface area contributed by atoms with E-state index >= 15 is 0 Å². The van der Waals surface area contributed by atoms with Gasteiger partial charge in [0.05, 0.1) is 16.7 Å². The molecule has 0 aliphatic heterocycles. The number of hydrogen-bond donors (Lipinski definition) is 2. The maximum Gasteiger partial charge on any atom is 0.343 e. The predicted molar refractivity (Wildman–Crippen MR) is 81.2 cm³/mol. The van der Waals surface area contributed by atoms with Crippen molar-refractivity contribution in [2.45, 2.75) is 13.8 Å². The van der Waals surface area contributed by atoms with Gasteiger partial charge in [-0.3, -0.25) is 0 Å². The Hall–Kier alpha value is -3.15. The topological polar surface area (TPSA) is 101 Å². The summed E-state index contributed by atoms with van der Waals surface area (Å²) in [5, 5.41) is 18.1. The zero-order valence-electron chi connectivity index (χ0n) is 12.5. The summed E-state index contributed by atoms with van der Waals surface area (Å²) < 4.78 is 5.32. The molecule has 0 aliphatic rings. The molecule has 2 N–H and O–H groups in total. The van der Waals surface area contributed by atoms with Crippen molar-refractivity contribution >= 4 is 17.9 Å². The number of benzene rings is 2. The Balaban J connectivity index is 2.39. The van der Waals surface area contributed by atoms with Gasteiger partial charge in [-0.1, -0.05) is 18.2 Å². The van der Waals surface area contributed by atoms with Crippen molar-refractivity contribution in [2.24, 2.45) is 0 Å². The van der Waals surface area contributed by atoms with E-state index in [2.05, 4.69) is 0 Å². The van der Waals surface area contributed by atoms with Crippen LogP contribution in [0.3, 0.4) is 0 Å². The number of carboxylic acids is 2. The van der Waals surface area contributed by atoms with Crippen molar-refractivity contribution in [1.29, 1.82) is 0 Å². The minimum Gasteiger partial charge on any atom is -0.478 e. The summed E-state index contributed by atoms with van der Waals surface area (Å²) in [5.41, 5.74) is 0.641. The van der Waals surface area contributed by atoms with E-state index in [1.165, 1.54) is 6.07 Å². The first-order valence-corrected chi connectivity index (χ1v) is 6.70. The van der Waals surface area contributed by atoms with Gasteiger partial charge >= 0.3 is 17.9 Å². The number of carbonyl (C=O) groups is 3. The van der Waals surface area contributed by atoms with Crippen molar-refractivity contribution in [2.75, 3.05) is 0 Å². The molecule has 2 aromatic carbocycles. The van der Waals surface area contributed by atoms with Gasteiger partial charge in [-0.05, 0) is 43.2 Å². The van der Waals surface area contributed by atoms with Gasteiger partial charge in [0.2, 0.25) is 0 Å². The fourth-order valence-corrected chi connectivity index (χ4v) is 2.15. The molecule has 0 amide bonds. The summed E-state index contributed by atoms with van der Waals surface area (Å²) in [5.74, 6) is -3.15. The molecule has 2 rings (SSSR count). The Kier molecular flexibility index (Phi) is 4.45. The zero-order chi connectivity index (χ0) is 17.1. The lowest BCUT2D eigenvalue weighted by molar-refractivity contribution is 0.0650. The molecule has 0 fully saturated rings. The summed E-state index contributed by atoms with van der Waals surface area (Å²) in [4.78, 5) is 34.4. The molecule has 23 heavy (non-hydrogen) atoms. The smallest absolute Gasteiger partial charge is 0.343 e. The van der Waals surface area contributed by atoms with Gasteiger partial charge < -0.3 is 14.9 Å². The average Bonchev–Trinajstić information content (AvgIpc) is 2.50. The number of aryl methyl sites for hydroxylation is 2. The van der Waals surface area contributed by atoms with Crippen LogP contribution in [0.4, 0.5) is 0 Å². The Bertz CT molecular complexity index is 786. The fourth-order valence-electron chi connectivity index (χ4n) is 2.15. The highest BCUT2D eigenvalue weighted by atomic mass is 16.5. The minimum atomic E-state index is -1.43. The van der Waals surface area contributed by atoms with Crippen molar-refractivity contribution in [3.05, 3.63) is 64.2 Å². The van der Waals surface area contributed by atoms with E-state index in [-0.39, 0.29) is 11.1 Å². The van der Waals surface area contributed by atoms with Gasteiger partial charge in [-0.25, -0.2) is 14.4 Å². The summed E-state index contributed by atoms with van der Waals surface area (Å²) in [6.07, 6.45) is 0. The van der Waals surface area contributed by atoms with Crippen LogP contribution in [0, 0.1) is 13.8 Å². The molecular weight excluding hydrogens is 300 g/mol. The molecule has 0 atom stereocenters. The van der Waals surface area contributed by atoms with E-state index < -0.39 is 23.5 Å². The highest BCUT2D eigenvalue weighted by Crippen LogP contribution is 2.24. The van der Waals surface area contributed by atoms with Crippen LogP contribution < -0.4 is 4.74 Å². The molecule has 2 aromatic rings. The van der Waals surface area contributed by atoms with Crippen LogP contribution in [-0.4, -0.2) is 28.1 Å². The molecule has 0 bridgehead atoms. The standard InChI is InChI=1S/C17H14O6/c1-9-4-3-5-10(2)14(9)23-17(22)11-6-7-12(15(18)19)13(8-11)16(20)21/h3-8H,1-2H3,(H,18,19)(H,20,21). The second kappa shape index (κ2) is 6.31. The molecule has 0 radical (unpaired) electrons. The SMILES string of the molecule is Cc1cccc(C)c1OC(=O)c1ccc(C(=O)O)c(C(=O)O)c1. The first kappa shape index (κ1) is 16.2. The number of rotatable bonds is 4. The Morgan fingerprint density at radius 3 is 1.96 bits per heavy atom. The molecule has 0 aromatic heterocycles. The van der Waals surface area contributed by atoms with Gasteiger partial charge in [0, 0.05) is 0 Å². The summed E-state index contributed by atoms with van der Waals surface area (Å²) >= 11 is 0. The van der Waals surface area contributed by atoms with Crippen molar-refractivity contribution < 1.29 is 29.3 Å². The fraction of sp³-hybridized carbons (Fsp3) is 0.118. The van der Waals surface area contributed by atoms with Crippen LogP contribution in [-0.2, 0) is 0 Å². The number of para-hydroxylation sites is 1. The lowest BCUT2D eigenvalue weighted by Gasteiger charge is -2.11. The molecule has 0 unspecified atom stereocenters. The van der Waals surface area contributed by atoms with Crippen molar-refractivity contribution in [3.8, 4) is 5.75 Å². The van der Waals surface area contributed by atoms with E-state index in [1.54, 1.807) is 26.0 Å².